The predicted octanol–water partition coefficient (Wildman–Crippen LogP) is 2.54. The van der Waals surface area contributed by atoms with E-state index >= 15 is 0 Å². The van der Waals surface area contributed by atoms with Gasteiger partial charge in [0.2, 0.25) is 0 Å². The van der Waals surface area contributed by atoms with Crippen molar-refractivity contribution in [2.24, 2.45) is 0 Å². The van der Waals surface area contributed by atoms with Gasteiger partial charge in [0.15, 0.2) is 0 Å². The lowest BCUT2D eigenvalue weighted by Gasteiger charge is -2.18. The fraction of sp³-hybridized carbons (Fsp3) is 0.357. The van der Waals surface area contributed by atoms with Crippen LogP contribution in [0.2, 0.25) is 0 Å². The first-order valence-corrected chi connectivity index (χ1v) is 6.98. The van der Waals surface area contributed by atoms with Gasteiger partial charge in [-0.25, -0.2) is 4.98 Å². The van der Waals surface area contributed by atoms with Crippen LogP contribution in [-0.2, 0) is 19.4 Å². The maximum Gasteiger partial charge on any atom is 0.111 e. The quantitative estimate of drug-likeness (QED) is 0.926. The van der Waals surface area contributed by atoms with Crippen LogP contribution in [0, 0.1) is 0 Å². The number of nitrogens with zero attached hydrogens (tertiary/aromatic N) is 2. The molecule has 18 heavy (non-hydrogen) atoms. The Hall–Kier alpha value is -1.13. The third-order valence-electron chi connectivity index (χ3n) is 3.36. The van der Waals surface area contributed by atoms with E-state index < -0.39 is 0 Å². The number of hydrogen-bond donors (Lipinski definition) is 1. The molecule has 0 bridgehead atoms. The van der Waals surface area contributed by atoms with Gasteiger partial charge in [-0.15, -0.1) is 0 Å². The molecule has 1 N–H and O–H groups in total. The molecule has 0 saturated heterocycles. The van der Waals surface area contributed by atoms with Crippen LogP contribution in [0.25, 0.3) is 0 Å². The van der Waals surface area contributed by atoms with Gasteiger partial charge in [0, 0.05) is 30.1 Å². The number of aromatic nitrogens is 2. The molecule has 1 aliphatic heterocycles. The molecular weight excluding hydrogens is 292 g/mol. The average molecular weight is 307 g/mol. The summed E-state index contributed by atoms with van der Waals surface area (Å²) in [5.74, 6) is 1.01. The summed E-state index contributed by atoms with van der Waals surface area (Å²) < 4.78 is 3.29. The molecular formula is C14H15BrN2O. The minimum Gasteiger partial charge on any atom is -0.393 e. The predicted molar refractivity (Wildman–Crippen MR) is 73.5 cm³/mol. The number of aliphatic hydroxyl groups is 1. The Morgan fingerprint density at radius 1 is 1.39 bits per heavy atom. The van der Waals surface area contributed by atoms with E-state index in [2.05, 4.69) is 43.8 Å². The third-order valence-corrected chi connectivity index (χ3v) is 4.13. The van der Waals surface area contributed by atoms with Crippen molar-refractivity contribution in [2.75, 3.05) is 0 Å². The van der Waals surface area contributed by atoms with E-state index in [1.165, 1.54) is 5.56 Å². The zero-order valence-electron chi connectivity index (χ0n) is 10.0. The monoisotopic (exact) mass is 306 g/mol. The summed E-state index contributed by atoms with van der Waals surface area (Å²) in [5, 5.41) is 9.64. The SMILES string of the molecule is OC1CCn2cc(Cc3ccccc3Br)nc2C1. The van der Waals surface area contributed by atoms with E-state index in [0.29, 0.717) is 6.42 Å². The zero-order valence-corrected chi connectivity index (χ0v) is 11.6. The Balaban J connectivity index is 1.84. The van der Waals surface area contributed by atoms with Crippen molar-refractivity contribution in [3.63, 3.8) is 0 Å². The number of fused-ring (bicyclic) bond motifs is 1. The molecule has 2 aromatic rings. The molecule has 0 amide bonds. The standard InChI is InChI=1S/C14H15BrN2O/c15-13-4-2-1-3-10(13)7-11-9-17-6-5-12(18)8-14(17)16-11/h1-4,9,12,18H,5-8H2. The second-order valence-electron chi connectivity index (χ2n) is 4.76. The second-order valence-corrected chi connectivity index (χ2v) is 5.61. The van der Waals surface area contributed by atoms with Gasteiger partial charge in [-0.3, -0.25) is 0 Å². The van der Waals surface area contributed by atoms with Crippen LogP contribution in [-0.4, -0.2) is 20.8 Å². The number of benzene rings is 1. The van der Waals surface area contributed by atoms with Gasteiger partial charge in [-0.2, -0.15) is 0 Å². The lowest BCUT2D eigenvalue weighted by atomic mass is 10.1. The van der Waals surface area contributed by atoms with Gasteiger partial charge in [0.05, 0.1) is 11.8 Å². The molecule has 4 heteroatoms. The fourth-order valence-electron chi connectivity index (χ4n) is 2.39. The summed E-state index contributed by atoms with van der Waals surface area (Å²) in [6.45, 7) is 0.874. The molecule has 2 heterocycles. The van der Waals surface area contributed by atoms with E-state index in [9.17, 15) is 5.11 Å². The number of imidazole rings is 1. The van der Waals surface area contributed by atoms with E-state index in [1.54, 1.807) is 0 Å². The van der Waals surface area contributed by atoms with Gasteiger partial charge in [-0.05, 0) is 18.1 Å². The molecule has 0 radical (unpaired) electrons. The summed E-state index contributed by atoms with van der Waals surface area (Å²) in [6, 6.07) is 8.22. The summed E-state index contributed by atoms with van der Waals surface area (Å²) in [4.78, 5) is 4.62. The number of rotatable bonds is 2. The summed E-state index contributed by atoms with van der Waals surface area (Å²) in [5.41, 5.74) is 2.32. The van der Waals surface area contributed by atoms with Crippen molar-refractivity contribution in [3.05, 3.63) is 52.0 Å². The van der Waals surface area contributed by atoms with Crippen LogP contribution in [0.4, 0.5) is 0 Å². The van der Waals surface area contributed by atoms with Gasteiger partial charge < -0.3 is 9.67 Å². The number of aryl methyl sites for hydroxylation is 1. The van der Waals surface area contributed by atoms with Crippen molar-refractivity contribution in [1.82, 2.24) is 9.55 Å². The normalized spacial score (nSPS) is 18.7. The van der Waals surface area contributed by atoms with E-state index in [4.69, 9.17) is 0 Å². The van der Waals surface area contributed by atoms with E-state index in [0.717, 1.165) is 35.4 Å². The van der Waals surface area contributed by atoms with Crippen molar-refractivity contribution >= 4 is 15.9 Å². The number of aliphatic hydroxyl groups excluding tert-OH is 1. The molecule has 0 saturated carbocycles. The van der Waals surface area contributed by atoms with Crippen LogP contribution in [0.15, 0.2) is 34.9 Å². The van der Waals surface area contributed by atoms with Crippen molar-refractivity contribution in [2.45, 2.75) is 31.9 Å². The average Bonchev–Trinajstić information content (AvgIpc) is 2.73. The lowest BCUT2D eigenvalue weighted by molar-refractivity contribution is 0.141. The first-order chi connectivity index (χ1) is 8.72. The molecule has 0 fully saturated rings. The van der Waals surface area contributed by atoms with E-state index in [1.807, 2.05) is 12.1 Å². The molecule has 1 aliphatic rings. The summed E-state index contributed by atoms with van der Waals surface area (Å²) in [7, 11) is 0. The van der Waals surface area contributed by atoms with Crippen LogP contribution in [0.5, 0.6) is 0 Å². The van der Waals surface area contributed by atoms with Crippen molar-refractivity contribution in [1.29, 1.82) is 0 Å². The summed E-state index contributed by atoms with van der Waals surface area (Å²) in [6.07, 6.45) is 4.22. The molecule has 1 aromatic heterocycles. The highest BCUT2D eigenvalue weighted by atomic mass is 79.9. The van der Waals surface area contributed by atoms with Crippen molar-refractivity contribution < 1.29 is 5.11 Å². The van der Waals surface area contributed by atoms with Crippen LogP contribution in [0.3, 0.4) is 0 Å². The molecule has 0 spiro atoms. The Labute approximate surface area is 115 Å². The maximum atomic E-state index is 9.64. The fourth-order valence-corrected chi connectivity index (χ4v) is 2.82. The van der Waals surface area contributed by atoms with E-state index in [-0.39, 0.29) is 6.10 Å². The molecule has 1 unspecified atom stereocenters. The molecule has 1 atom stereocenters. The number of hydrogen-bond acceptors (Lipinski definition) is 2. The minimum atomic E-state index is -0.226. The smallest absolute Gasteiger partial charge is 0.111 e. The zero-order chi connectivity index (χ0) is 12.5. The first-order valence-electron chi connectivity index (χ1n) is 6.19. The minimum absolute atomic E-state index is 0.226. The highest BCUT2D eigenvalue weighted by molar-refractivity contribution is 9.10. The maximum absolute atomic E-state index is 9.64. The molecule has 94 valence electrons. The largest absolute Gasteiger partial charge is 0.393 e. The van der Waals surface area contributed by atoms with Gasteiger partial charge in [0.25, 0.3) is 0 Å². The highest BCUT2D eigenvalue weighted by Crippen LogP contribution is 2.21. The number of halogens is 1. The first kappa shape index (κ1) is 11.9. The molecule has 3 nitrogen and oxygen atoms in total. The van der Waals surface area contributed by atoms with Crippen LogP contribution < -0.4 is 0 Å². The Morgan fingerprint density at radius 2 is 2.22 bits per heavy atom. The molecule has 0 aliphatic carbocycles. The Bertz CT molecular complexity index is 565. The Kier molecular flexibility index (Phi) is 3.22. The van der Waals surface area contributed by atoms with Crippen molar-refractivity contribution in [3.8, 4) is 0 Å². The summed E-state index contributed by atoms with van der Waals surface area (Å²) >= 11 is 3.56. The van der Waals surface area contributed by atoms with Gasteiger partial charge in [-0.1, -0.05) is 34.1 Å². The van der Waals surface area contributed by atoms with Crippen LogP contribution in [0.1, 0.15) is 23.5 Å². The molecule has 3 rings (SSSR count). The van der Waals surface area contributed by atoms with Gasteiger partial charge >= 0.3 is 0 Å². The lowest BCUT2D eigenvalue weighted by Crippen LogP contribution is -2.22. The molecule has 1 aromatic carbocycles. The highest BCUT2D eigenvalue weighted by Gasteiger charge is 2.18. The topological polar surface area (TPSA) is 38.0 Å². The van der Waals surface area contributed by atoms with Crippen LogP contribution >= 0.6 is 15.9 Å². The Morgan fingerprint density at radius 3 is 3.06 bits per heavy atom. The van der Waals surface area contributed by atoms with Gasteiger partial charge in [0.1, 0.15) is 5.82 Å². The second kappa shape index (κ2) is 4.86. The third kappa shape index (κ3) is 2.35.